The van der Waals surface area contributed by atoms with Crippen molar-refractivity contribution in [3.05, 3.63) is 64.1 Å². The molecule has 0 amide bonds. The van der Waals surface area contributed by atoms with E-state index in [0.717, 1.165) is 16.6 Å². The van der Waals surface area contributed by atoms with Gasteiger partial charge in [-0.3, -0.25) is 0 Å². The molecule has 0 aromatic heterocycles. The Balaban J connectivity index is 2.25. The lowest BCUT2D eigenvalue weighted by atomic mass is 10.0. The van der Waals surface area contributed by atoms with Gasteiger partial charge in [0.1, 0.15) is 0 Å². The topological polar surface area (TPSA) is 26.0 Å². The summed E-state index contributed by atoms with van der Waals surface area (Å²) in [6.07, 6.45) is 0.889. The molecule has 0 saturated carbocycles. The Labute approximate surface area is 98.1 Å². The zero-order valence-corrected chi connectivity index (χ0v) is 9.87. The van der Waals surface area contributed by atoms with Crippen LogP contribution in [0, 0.1) is 0 Å². The SMILES string of the molecule is Nc1cc(Br)ccc1Cc1ccccc1. The highest BCUT2D eigenvalue weighted by Gasteiger charge is 2.00. The van der Waals surface area contributed by atoms with E-state index >= 15 is 0 Å². The molecule has 0 aliphatic rings. The Hall–Kier alpha value is -1.28. The second kappa shape index (κ2) is 4.49. The van der Waals surface area contributed by atoms with Crippen LogP contribution in [0.1, 0.15) is 11.1 Å². The van der Waals surface area contributed by atoms with Crippen molar-refractivity contribution < 1.29 is 0 Å². The summed E-state index contributed by atoms with van der Waals surface area (Å²) in [6.45, 7) is 0. The highest BCUT2D eigenvalue weighted by molar-refractivity contribution is 9.10. The number of nitrogens with two attached hydrogens (primary N) is 1. The number of nitrogen functional groups attached to an aromatic ring is 1. The highest BCUT2D eigenvalue weighted by atomic mass is 79.9. The van der Waals surface area contributed by atoms with Gasteiger partial charge < -0.3 is 5.73 Å². The first kappa shape index (κ1) is 10.2. The van der Waals surface area contributed by atoms with Gasteiger partial charge in [0.15, 0.2) is 0 Å². The van der Waals surface area contributed by atoms with Crippen molar-refractivity contribution in [3.63, 3.8) is 0 Å². The van der Waals surface area contributed by atoms with Gasteiger partial charge >= 0.3 is 0 Å². The third-order valence-corrected chi connectivity index (χ3v) is 2.84. The molecule has 2 aromatic carbocycles. The molecular formula is C13H12BrN. The van der Waals surface area contributed by atoms with Crippen molar-refractivity contribution in [2.45, 2.75) is 6.42 Å². The third-order valence-electron chi connectivity index (χ3n) is 2.35. The summed E-state index contributed by atoms with van der Waals surface area (Å²) in [5, 5.41) is 0. The normalized spacial score (nSPS) is 10.2. The Bertz CT molecular complexity index is 451. The molecule has 76 valence electrons. The molecule has 0 fully saturated rings. The van der Waals surface area contributed by atoms with Gasteiger partial charge in [-0.15, -0.1) is 0 Å². The van der Waals surface area contributed by atoms with Crippen molar-refractivity contribution in [2.75, 3.05) is 5.73 Å². The smallest absolute Gasteiger partial charge is 0.0361 e. The van der Waals surface area contributed by atoms with Crippen LogP contribution < -0.4 is 5.73 Å². The molecular weight excluding hydrogens is 250 g/mol. The van der Waals surface area contributed by atoms with Gasteiger partial charge in [0.25, 0.3) is 0 Å². The predicted molar refractivity (Wildman–Crippen MR) is 67.8 cm³/mol. The van der Waals surface area contributed by atoms with Crippen molar-refractivity contribution >= 4 is 21.6 Å². The Kier molecular flexibility index (Phi) is 3.07. The summed E-state index contributed by atoms with van der Waals surface area (Å²) in [5.74, 6) is 0. The molecule has 15 heavy (non-hydrogen) atoms. The lowest BCUT2D eigenvalue weighted by Crippen LogP contribution is -1.95. The summed E-state index contributed by atoms with van der Waals surface area (Å²) >= 11 is 3.40. The molecule has 0 atom stereocenters. The van der Waals surface area contributed by atoms with Crippen LogP contribution in [0.3, 0.4) is 0 Å². The van der Waals surface area contributed by atoms with E-state index in [0.29, 0.717) is 0 Å². The minimum atomic E-state index is 0.841. The average Bonchev–Trinajstić information content (AvgIpc) is 2.24. The first-order valence-corrected chi connectivity index (χ1v) is 5.63. The van der Waals surface area contributed by atoms with Gasteiger partial charge in [0.2, 0.25) is 0 Å². The van der Waals surface area contributed by atoms with E-state index in [9.17, 15) is 0 Å². The van der Waals surface area contributed by atoms with Crippen LogP contribution in [0.5, 0.6) is 0 Å². The molecule has 2 rings (SSSR count). The van der Waals surface area contributed by atoms with Crippen LogP contribution >= 0.6 is 15.9 Å². The molecule has 2 heteroatoms. The monoisotopic (exact) mass is 261 g/mol. The fourth-order valence-electron chi connectivity index (χ4n) is 1.54. The Morgan fingerprint density at radius 3 is 2.40 bits per heavy atom. The minimum absolute atomic E-state index is 0.841. The van der Waals surface area contributed by atoms with E-state index in [1.54, 1.807) is 0 Å². The molecule has 0 radical (unpaired) electrons. The first-order chi connectivity index (χ1) is 7.25. The van der Waals surface area contributed by atoms with E-state index in [1.165, 1.54) is 11.1 Å². The summed E-state index contributed by atoms with van der Waals surface area (Å²) in [4.78, 5) is 0. The second-order valence-electron chi connectivity index (χ2n) is 3.51. The second-order valence-corrected chi connectivity index (χ2v) is 4.42. The number of hydrogen-bond donors (Lipinski definition) is 1. The van der Waals surface area contributed by atoms with Gasteiger partial charge in [-0.1, -0.05) is 52.3 Å². The third kappa shape index (κ3) is 2.60. The minimum Gasteiger partial charge on any atom is -0.398 e. The molecule has 0 unspecified atom stereocenters. The first-order valence-electron chi connectivity index (χ1n) is 4.83. The number of benzene rings is 2. The summed E-state index contributed by atoms with van der Waals surface area (Å²) in [5.41, 5.74) is 9.23. The van der Waals surface area contributed by atoms with Gasteiger partial charge in [0, 0.05) is 10.2 Å². The maximum absolute atomic E-state index is 5.94. The number of anilines is 1. The zero-order valence-electron chi connectivity index (χ0n) is 8.28. The number of hydrogen-bond acceptors (Lipinski definition) is 1. The maximum atomic E-state index is 5.94. The molecule has 2 aromatic rings. The van der Waals surface area contributed by atoms with Crippen LogP contribution in [0.4, 0.5) is 5.69 Å². The largest absolute Gasteiger partial charge is 0.398 e. The highest BCUT2D eigenvalue weighted by Crippen LogP contribution is 2.21. The van der Waals surface area contributed by atoms with Crippen LogP contribution in [0.25, 0.3) is 0 Å². The lowest BCUT2D eigenvalue weighted by Gasteiger charge is -2.06. The molecule has 0 aliphatic carbocycles. The van der Waals surface area contributed by atoms with Crippen LogP contribution in [0.15, 0.2) is 53.0 Å². The predicted octanol–water partition coefficient (Wildman–Crippen LogP) is 3.62. The fourth-order valence-corrected chi connectivity index (χ4v) is 1.92. The van der Waals surface area contributed by atoms with Crippen molar-refractivity contribution in [3.8, 4) is 0 Å². The van der Waals surface area contributed by atoms with Gasteiger partial charge in [-0.25, -0.2) is 0 Å². The lowest BCUT2D eigenvalue weighted by molar-refractivity contribution is 1.20. The van der Waals surface area contributed by atoms with Crippen molar-refractivity contribution in [2.24, 2.45) is 0 Å². The van der Waals surface area contributed by atoms with Crippen LogP contribution in [0.2, 0.25) is 0 Å². The average molecular weight is 262 g/mol. The van der Waals surface area contributed by atoms with Crippen molar-refractivity contribution in [1.82, 2.24) is 0 Å². The summed E-state index contributed by atoms with van der Waals surface area (Å²) < 4.78 is 1.02. The standard InChI is InChI=1S/C13H12BrN/c14-12-7-6-11(13(15)9-12)8-10-4-2-1-3-5-10/h1-7,9H,8,15H2. The molecule has 0 saturated heterocycles. The van der Waals surface area contributed by atoms with Crippen LogP contribution in [-0.2, 0) is 6.42 Å². The molecule has 0 heterocycles. The van der Waals surface area contributed by atoms with Crippen LogP contribution in [-0.4, -0.2) is 0 Å². The molecule has 2 N–H and O–H groups in total. The fraction of sp³-hybridized carbons (Fsp3) is 0.0769. The van der Waals surface area contributed by atoms with E-state index in [2.05, 4.69) is 34.1 Å². The molecule has 0 aliphatic heterocycles. The quantitative estimate of drug-likeness (QED) is 0.822. The van der Waals surface area contributed by atoms with E-state index in [4.69, 9.17) is 5.73 Å². The van der Waals surface area contributed by atoms with E-state index < -0.39 is 0 Å². The molecule has 0 spiro atoms. The zero-order chi connectivity index (χ0) is 10.7. The number of rotatable bonds is 2. The van der Waals surface area contributed by atoms with Crippen molar-refractivity contribution in [1.29, 1.82) is 0 Å². The van der Waals surface area contributed by atoms with Gasteiger partial charge in [-0.2, -0.15) is 0 Å². The molecule has 1 nitrogen and oxygen atoms in total. The molecule has 0 bridgehead atoms. The van der Waals surface area contributed by atoms with Gasteiger partial charge in [0.05, 0.1) is 0 Å². The van der Waals surface area contributed by atoms with E-state index in [1.807, 2.05) is 30.3 Å². The van der Waals surface area contributed by atoms with E-state index in [-0.39, 0.29) is 0 Å². The number of halogens is 1. The Morgan fingerprint density at radius 2 is 1.73 bits per heavy atom. The summed E-state index contributed by atoms with van der Waals surface area (Å²) in [7, 11) is 0. The van der Waals surface area contributed by atoms with Gasteiger partial charge in [-0.05, 0) is 29.7 Å². The summed E-state index contributed by atoms with van der Waals surface area (Å²) in [6, 6.07) is 16.4. The Morgan fingerprint density at radius 1 is 1.00 bits per heavy atom. The maximum Gasteiger partial charge on any atom is 0.0361 e.